The molecule has 0 radical (unpaired) electrons. The second-order valence-corrected chi connectivity index (χ2v) is 14.6. The lowest BCUT2D eigenvalue weighted by molar-refractivity contribution is 0.0942. The van der Waals surface area contributed by atoms with Gasteiger partial charge in [-0.1, -0.05) is 32.9 Å². The van der Waals surface area contributed by atoms with Gasteiger partial charge in [-0.3, -0.25) is 14.2 Å². The fraction of sp³-hybridized carbons (Fsp3) is 0.522. The maximum absolute atomic E-state index is 13.2. The van der Waals surface area contributed by atoms with Crippen molar-refractivity contribution in [1.82, 2.24) is 14.9 Å². The molecule has 1 aromatic heterocycles. The number of nitrogens with zero attached hydrogens (tertiary/aromatic N) is 2. The molecular weight excluding hydrogens is 427 g/mol. The molecule has 1 aliphatic rings. The number of amides is 1. The minimum absolute atomic E-state index is 0.00127. The lowest BCUT2D eigenvalue weighted by Gasteiger charge is -2.36. The van der Waals surface area contributed by atoms with Crippen molar-refractivity contribution in [3.8, 4) is 5.75 Å². The smallest absolute Gasteiger partial charge is 0.296 e. The third-order valence-electron chi connectivity index (χ3n) is 6.37. The van der Waals surface area contributed by atoms with Gasteiger partial charge < -0.3 is 15.1 Å². The van der Waals surface area contributed by atoms with Crippen LogP contribution in [0.15, 0.2) is 29.1 Å². The highest BCUT2D eigenvalue weighted by molar-refractivity contribution is 6.74. The van der Waals surface area contributed by atoms with E-state index in [1.807, 2.05) is 20.0 Å². The van der Waals surface area contributed by atoms with E-state index >= 15 is 0 Å². The first-order valence-electron chi connectivity index (χ1n) is 11.0. The van der Waals surface area contributed by atoms with Gasteiger partial charge in [0.25, 0.3) is 19.8 Å². The maximum atomic E-state index is 13.2. The topological polar surface area (TPSA) is 85.2 Å². The molecule has 9 heteroatoms. The second-order valence-electron chi connectivity index (χ2n) is 9.84. The molecule has 1 heterocycles. The third-order valence-corrected chi connectivity index (χ3v) is 10.7. The van der Waals surface area contributed by atoms with Crippen molar-refractivity contribution in [2.75, 3.05) is 11.9 Å². The van der Waals surface area contributed by atoms with Gasteiger partial charge in [-0.25, -0.2) is 9.37 Å². The van der Waals surface area contributed by atoms with Gasteiger partial charge in [0.15, 0.2) is 5.69 Å². The number of carbonyl (C=O) groups excluding carboxylic acids is 1. The van der Waals surface area contributed by atoms with Crippen LogP contribution in [-0.4, -0.2) is 36.4 Å². The van der Waals surface area contributed by atoms with E-state index in [0.717, 1.165) is 12.0 Å². The van der Waals surface area contributed by atoms with Gasteiger partial charge in [0.1, 0.15) is 5.82 Å². The van der Waals surface area contributed by atoms with Crippen LogP contribution in [0.25, 0.3) is 0 Å². The number of benzene rings is 1. The molecule has 2 unspecified atom stereocenters. The highest BCUT2D eigenvalue weighted by Crippen LogP contribution is 2.41. The summed E-state index contributed by atoms with van der Waals surface area (Å²) < 4.78 is 20.9. The summed E-state index contributed by atoms with van der Waals surface area (Å²) in [6.45, 7) is 12.7. The van der Waals surface area contributed by atoms with Crippen molar-refractivity contribution < 1.29 is 13.6 Å². The number of aromatic nitrogens is 2. The summed E-state index contributed by atoms with van der Waals surface area (Å²) in [6, 6.07) is 6.21. The second kappa shape index (κ2) is 8.69. The van der Waals surface area contributed by atoms with E-state index in [0.29, 0.717) is 12.5 Å². The Balaban J connectivity index is 1.92. The molecule has 1 saturated carbocycles. The Bertz CT molecular complexity index is 1060. The van der Waals surface area contributed by atoms with Crippen molar-refractivity contribution in [2.24, 2.45) is 7.05 Å². The molecule has 1 amide bonds. The number of hydrogen-bond acceptors (Lipinski definition) is 5. The van der Waals surface area contributed by atoms with E-state index < -0.39 is 19.8 Å². The van der Waals surface area contributed by atoms with Crippen LogP contribution in [-0.2, 0) is 7.05 Å². The van der Waals surface area contributed by atoms with E-state index in [2.05, 4.69) is 36.4 Å². The van der Waals surface area contributed by atoms with Crippen molar-refractivity contribution in [1.29, 1.82) is 0 Å². The lowest BCUT2D eigenvalue weighted by atomic mass is 10.1. The first-order valence-corrected chi connectivity index (χ1v) is 13.9. The molecule has 2 N–H and O–H groups in total. The lowest BCUT2D eigenvalue weighted by Crippen LogP contribution is -2.46. The predicted molar refractivity (Wildman–Crippen MR) is 126 cm³/mol. The molecule has 1 aromatic carbocycles. The summed E-state index contributed by atoms with van der Waals surface area (Å²) in [5, 5.41) is 5.86. The van der Waals surface area contributed by atoms with E-state index in [1.165, 1.54) is 16.7 Å². The molecule has 2 atom stereocenters. The molecule has 32 heavy (non-hydrogen) atoms. The average Bonchev–Trinajstić information content (AvgIpc) is 3.46. The van der Waals surface area contributed by atoms with Crippen LogP contribution in [0.5, 0.6) is 5.75 Å². The van der Waals surface area contributed by atoms with Crippen LogP contribution < -0.4 is 20.6 Å². The van der Waals surface area contributed by atoms with Crippen molar-refractivity contribution in [2.45, 2.75) is 64.2 Å². The van der Waals surface area contributed by atoms with E-state index in [-0.39, 0.29) is 34.3 Å². The van der Waals surface area contributed by atoms with Crippen LogP contribution in [0.2, 0.25) is 18.1 Å². The summed E-state index contributed by atoms with van der Waals surface area (Å²) in [7, 11) is -0.788. The number of hydrogen-bond donors (Lipinski definition) is 2. The summed E-state index contributed by atoms with van der Waals surface area (Å²) in [4.78, 5) is 30.9. The minimum Gasteiger partial charge on any atom is -0.538 e. The number of carbonyl (C=O) groups is 1. The molecule has 0 spiro atoms. The van der Waals surface area contributed by atoms with Crippen LogP contribution in [0.1, 0.15) is 56.1 Å². The summed E-state index contributed by atoms with van der Waals surface area (Å²) in [5.41, 5.74) is 0.579. The largest absolute Gasteiger partial charge is 0.538 e. The first kappa shape index (κ1) is 24.0. The Morgan fingerprint density at radius 1 is 1.28 bits per heavy atom. The van der Waals surface area contributed by atoms with Crippen LogP contribution in [0, 0.1) is 5.82 Å². The molecule has 0 saturated heterocycles. The molecule has 174 valence electrons. The summed E-state index contributed by atoms with van der Waals surface area (Å²) in [5.74, 6) is -0.301. The zero-order valence-electron chi connectivity index (χ0n) is 19.9. The number of nitrogens with one attached hydrogen (secondary N) is 2. The van der Waals surface area contributed by atoms with Gasteiger partial charge in [0, 0.05) is 25.6 Å². The van der Waals surface area contributed by atoms with Gasteiger partial charge in [-0.05, 0) is 49.2 Å². The molecule has 7 nitrogen and oxygen atoms in total. The summed E-state index contributed by atoms with van der Waals surface area (Å²) >= 11 is 0. The molecule has 1 aliphatic carbocycles. The summed E-state index contributed by atoms with van der Waals surface area (Å²) in [6.07, 6.45) is 0.751. The van der Waals surface area contributed by atoms with E-state index in [9.17, 15) is 14.0 Å². The predicted octanol–water partition coefficient (Wildman–Crippen LogP) is 4.02. The number of anilines is 1. The maximum Gasteiger partial charge on any atom is 0.296 e. The fourth-order valence-corrected chi connectivity index (χ4v) is 4.22. The Morgan fingerprint density at radius 2 is 1.91 bits per heavy atom. The van der Waals surface area contributed by atoms with Gasteiger partial charge >= 0.3 is 0 Å². The minimum atomic E-state index is -2.40. The molecule has 0 bridgehead atoms. The zero-order valence-corrected chi connectivity index (χ0v) is 20.9. The van der Waals surface area contributed by atoms with Crippen molar-refractivity contribution >= 4 is 20.2 Å². The Kier molecular flexibility index (Phi) is 6.51. The van der Waals surface area contributed by atoms with Crippen molar-refractivity contribution in [3.05, 3.63) is 51.7 Å². The quantitative estimate of drug-likeness (QED) is 0.610. The van der Waals surface area contributed by atoms with Gasteiger partial charge in [0.2, 0.25) is 11.7 Å². The normalized spacial score (nSPS) is 18.2. The average molecular weight is 461 g/mol. The van der Waals surface area contributed by atoms with Crippen LogP contribution >= 0.6 is 0 Å². The third kappa shape index (κ3) is 4.87. The van der Waals surface area contributed by atoms with Crippen molar-refractivity contribution in [3.63, 3.8) is 0 Å². The zero-order chi connectivity index (χ0) is 23.8. The standard InChI is InChI=1S/C23H33FN4O3Si/c1-8-25-22-27-18(19(21(30)28(22)5)31-32(6,7)23(2,3)4)20(29)26-17-13-16(17)14-9-11-15(24)12-10-14/h9-12,16-17H,8,13H2,1-7H3,(H,25,27)(H,26,29). The Hall–Kier alpha value is -2.68. The van der Waals surface area contributed by atoms with E-state index in [1.54, 1.807) is 19.2 Å². The van der Waals surface area contributed by atoms with Crippen LogP contribution in [0.4, 0.5) is 10.3 Å². The number of rotatable bonds is 7. The highest BCUT2D eigenvalue weighted by atomic mass is 28.4. The number of halogens is 1. The fourth-order valence-electron chi connectivity index (χ4n) is 3.22. The van der Waals surface area contributed by atoms with Gasteiger partial charge in [-0.2, -0.15) is 0 Å². The van der Waals surface area contributed by atoms with E-state index in [4.69, 9.17) is 4.43 Å². The Labute approximate surface area is 189 Å². The Morgan fingerprint density at radius 3 is 2.47 bits per heavy atom. The first-order chi connectivity index (χ1) is 14.9. The molecule has 1 fully saturated rings. The monoisotopic (exact) mass is 460 g/mol. The van der Waals surface area contributed by atoms with Gasteiger partial charge in [0.05, 0.1) is 0 Å². The van der Waals surface area contributed by atoms with Gasteiger partial charge in [-0.15, -0.1) is 0 Å². The highest BCUT2D eigenvalue weighted by Gasteiger charge is 2.43. The SMILES string of the molecule is CCNc1nc(C(=O)NC2CC2c2ccc(F)cc2)c(O[Si](C)(C)C(C)(C)C)c(=O)n1C. The van der Waals surface area contributed by atoms with Crippen LogP contribution in [0.3, 0.4) is 0 Å². The molecule has 0 aliphatic heterocycles. The molecular formula is C23H33FN4O3Si. The molecule has 3 rings (SSSR count). The molecule has 2 aromatic rings.